The van der Waals surface area contributed by atoms with Crippen molar-refractivity contribution < 1.29 is 0 Å². The fraction of sp³-hybridized carbons (Fsp3) is 0.533. The monoisotopic (exact) mass is 404 g/mol. The lowest BCUT2D eigenvalue weighted by Gasteiger charge is -2.23. The first-order valence-corrected chi connectivity index (χ1v) is 11.8. The van der Waals surface area contributed by atoms with E-state index in [2.05, 4.69) is 111 Å². The van der Waals surface area contributed by atoms with E-state index in [1.54, 1.807) is 0 Å². The molecule has 2 atom stereocenters. The van der Waals surface area contributed by atoms with Gasteiger partial charge in [-0.15, -0.1) is 6.58 Å². The van der Waals surface area contributed by atoms with Crippen molar-refractivity contribution in [1.29, 1.82) is 0 Å². The zero-order valence-corrected chi connectivity index (χ0v) is 20.8. The van der Waals surface area contributed by atoms with E-state index in [9.17, 15) is 0 Å². The molecule has 2 aromatic carbocycles. The molecule has 0 bridgehead atoms. The molecule has 0 heteroatoms. The van der Waals surface area contributed by atoms with Gasteiger partial charge >= 0.3 is 0 Å². The van der Waals surface area contributed by atoms with Crippen LogP contribution in [-0.2, 0) is 17.3 Å². The van der Waals surface area contributed by atoms with Crippen LogP contribution in [0.15, 0.2) is 55.1 Å². The van der Waals surface area contributed by atoms with Crippen molar-refractivity contribution >= 4 is 0 Å². The van der Waals surface area contributed by atoms with Crippen LogP contribution in [-0.4, -0.2) is 0 Å². The normalized spacial score (nSPS) is 14.4. The summed E-state index contributed by atoms with van der Waals surface area (Å²) in [5.41, 5.74) is 7.41. The van der Waals surface area contributed by atoms with Crippen LogP contribution in [0, 0.1) is 11.8 Å². The molecule has 0 saturated carbocycles. The van der Waals surface area contributed by atoms with Gasteiger partial charge in [-0.05, 0) is 69.7 Å². The van der Waals surface area contributed by atoms with Crippen molar-refractivity contribution in [3.05, 3.63) is 71.8 Å². The third-order valence-electron chi connectivity index (χ3n) is 6.69. The predicted molar refractivity (Wildman–Crippen MR) is 135 cm³/mol. The molecule has 0 N–H and O–H groups in total. The third-order valence-corrected chi connectivity index (χ3v) is 6.69. The largest absolute Gasteiger partial charge is 0.103 e. The van der Waals surface area contributed by atoms with Crippen molar-refractivity contribution in [2.24, 2.45) is 11.8 Å². The van der Waals surface area contributed by atoms with E-state index in [0.29, 0.717) is 5.92 Å². The van der Waals surface area contributed by atoms with Crippen molar-refractivity contribution in [3.8, 4) is 11.1 Å². The Morgan fingerprint density at radius 2 is 1.43 bits per heavy atom. The first kappa shape index (κ1) is 24.4. The number of allylic oxidation sites excluding steroid dienone is 1. The summed E-state index contributed by atoms with van der Waals surface area (Å²) in [4.78, 5) is 0. The van der Waals surface area contributed by atoms with Crippen LogP contribution in [0.1, 0.15) is 91.3 Å². The zero-order chi connectivity index (χ0) is 22.5. The summed E-state index contributed by atoms with van der Waals surface area (Å²) in [6.07, 6.45) is 7.00. The number of rotatable bonds is 8. The Bertz CT molecular complexity index is 809. The van der Waals surface area contributed by atoms with E-state index in [-0.39, 0.29) is 10.8 Å². The Morgan fingerprint density at radius 1 is 0.867 bits per heavy atom. The molecule has 30 heavy (non-hydrogen) atoms. The molecular weight excluding hydrogens is 360 g/mol. The van der Waals surface area contributed by atoms with Gasteiger partial charge in [0.2, 0.25) is 0 Å². The molecule has 2 unspecified atom stereocenters. The number of aryl methyl sites for hydroxylation is 1. The summed E-state index contributed by atoms with van der Waals surface area (Å²) >= 11 is 0. The van der Waals surface area contributed by atoms with Gasteiger partial charge in [0.15, 0.2) is 0 Å². The molecule has 0 nitrogen and oxygen atoms in total. The van der Waals surface area contributed by atoms with Crippen LogP contribution in [0.3, 0.4) is 0 Å². The lowest BCUT2D eigenvalue weighted by Crippen LogP contribution is -2.12. The molecule has 0 aliphatic carbocycles. The smallest absolute Gasteiger partial charge is 0.0132 e. The highest BCUT2D eigenvalue weighted by Gasteiger charge is 2.18. The van der Waals surface area contributed by atoms with Crippen molar-refractivity contribution in [2.75, 3.05) is 0 Å². The van der Waals surface area contributed by atoms with E-state index >= 15 is 0 Å². The van der Waals surface area contributed by atoms with Gasteiger partial charge < -0.3 is 0 Å². The van der Waals surface area contributed by atoms with Gasteiger partial charge in [-0.2, -0.15) is 0 Å². The molecular formula is C30H44. The van der Waals surface area contributed by atoms with Crippen LogP contribution in [0.2, 0.25) is 0 Å². The summed E-state index contributed by atoms with van der Waals surface area (Å²) in [5, 5.41) is 0. The van der Waals surface area contributed by atoms with Crippen LogP contribution < -0.4 is 0 Å². The maximum absolute atomic E-state index is 4.01. The Labute approximate surface area is 186 Å². The molecule has 0 aromatic heterocycles. The Hall–Kier alpha value is -1.82. The van der Waals surface area contributed by atoms with Crippen molar-refractivity contribution in [1.82, 2.24) is 0 Å². The Balaban J connectivity index is 2.32. The van der Waals surface area contributed by atoms with E-state index < -0.39 is 0 Å². The first-order valence-electron chi connectivity index (χ1n) is 11.8. The zero-order valence-electron chi connectivity index (χ0n) is 20.8. The lowest BCUT2D eigenvalue weighted by molar-refractivity contribution is 0.370. The molecule has 0 saturated heterocycles. The average molecular weight is 405 g/mol. The van der Waals surface area contributed by atoms with Gasteiger partial charge in [0.05, 0.1) is 0 Å². The van der Waals surface area contributed by atoms with Crippen LogP contribution in [0.5, 0.6) is 0 Å². The van der Waals surface area contributed by atoms with Gasteiger partial charge in [-0.1, -0.05) is 110 Å². The number of hydrogen-bond donors (Lipinski definition) is 0. The highest BCUT2D eigenvalue weighted by Crippen LogP contribution is 2.33. The van der Waals surface area contributed by atoms with Gasteiger partial charge in [-0.25, -0.2) is 0 Å². The fourth-order valence-electron chi connectivity index (χ4n) is 4.28. The standard InChI is InChI=1S/C30H44/c1-10-22(3)23(11-2)13-12-14-25-21-27(30(7,8)9)19-20-28(25)24-15-17-26(18-16-24)29(4,5)6/h10,15-23H,1,11-14H2,2-9H3. The van der Waals surface area contributed by atoms with Gasteiger partial charge in [0.1, 0.15) is 0 Å². The topological polar surface area (TPSA) is 0 Å². The van der Waals surface area contributed by atoms with E-state index in [0.717, 1.165) is 12.3 Å². The van der Waals surface area contributed by atoms with E-state index in [1.807, 2.05) is 0 Å². The van der Waals surface area contributed by atoms with Gasteiger partial charge in [0, 0.05) is 0 Å². The minimum Gasteiger partial charge on any atom is -0.103 e. The summed E-state index contributed by atoms with van der Waals surface area (Å²) in [6, 6.07) is 16.4. The molecule has 0 aliphatic heterocycles. The minimum absolute atomic E-state index is 0.173. The van der Waals surface area contributed by atoms with Crippen LogP contribution in [0.25, 0.3) is 11.1 Å². The minimum atomic E-state index is 0.173. The van der Waals surface area contributed by atoms with Crippen molar-refractivity contribution in [2.45, 2.75) is 91.9 Å². The maximum Gasteiger partial charge on any atom is -0.0132 e. The first-order chi connectivity index (χ1) is 14.0. The second-order valence-corrected chi connectivity index (χ2v) is 11.1. The summed E-state index contributed by atoms with van der Waals surface area (Å²) in [5.74, 6) is 1.34. The van der Waals surface area contributed by atoms with Crippen LogP contribution in [0.4, 0.5) is 0 Å². The highest BCUT2D eigenvalue weighted by molar-refractivity contribution is 5.68. The van der Waals surface area contributed by atoms with Crippen molar-refractivity contribution in [3.63, 3.8) is 0 Å². The highest BCUT2D eigenvalue weighted by atomic mass is 14.2. The summed E-state index contributed by atoms with van der Waals surface area (Å²) in [6.45, 7) is 22.4. The summed E-state index contributed by atoms with van der Waals surface area (Å²) < 4.78 is 0. The Kier molecular flexibility index (Phi) is 8.14. The third kappa shape index (κ3) is 6.34. The maximum atomic E-state index is 4.01. The molecule has 0 heterocycles. The number of hydrogen-bond acceptors (Lipinski definition) is 0. The van der Waals surface area contributed by atoms with Gasteiger partial charge in [0.25, 0.3) is 0 Å². The van der Waals surface area contributed by atoms with Crippen LogP contribution >= 0.6 is 0 Å². The molecule has 0 amide bonds. The predicted octanol–water partition coefficient (Wildman–Crippen LogP) is 9.12. The molecule has 0 radical (unpaired) electrons. The SMILES string of the molecule is C=CC(C)C(CC)CCCc1cc(C(C)(C)C)ccc1-c1ccc(C(C)(C)C)cc1. The van der Waals surface area contributed by atoms with Gasteiger partial charge in [-0.3, -0.25) is 0 Å². The molecule has 0 fully saturated rings. The quantitative estimate of drug-likeness (QED) is 0.385. The molecule has 2 aromatic rings. The average Bonchev–Trinajstić information content (AvgIpc) is 2.69. The molecule has 0 aliphatic rings. The fourth-order valence-corrected chi connectivity index (χ4v) is 4.28. The molecule has 0 spiro atoms. The second-order valence-electron chi connectivity index (χ2n) is 11.1. The Morgan fingerprint density at radius 3 is 1.93 bits per heavy atom. The molecule has 2 rings (SSSR count). The second kappa shape index (κ2) is 9.99. The van der Waals surface area contributed by atoms with E-state index in [1.165, 1.54) is 47.1 Å². The number of benzene rings is 2. The molecule has 164 valence electrons. The lowest BCUT2D eigenvalue weighted by atomic mass is 9.82. The van der Waals surface area contributed by atoms with E-state index in [4.69, 9.17) is 0 Å². The summed E-state index contributed by atoms with van der Waals surface area (Å²) in [7, 11) is 0.